The highest BCUT2D eigenvalue weighted by atomic mass is 16.6. The first-order valence-corrected chi connectivity index (χ1v) is 15.2. The summed E-state index contributed by atoms with van der Waals surface area (Å²) in [6.07, 6.45) is 4.26. The Morgan fingerprint density at radius 1 is 0.800 bits per heavy atom. The fourth-order valence-electron chi connectivity index (χ4n) is 4.68. The maximum atomic E-state index is 13.5. The Kier molecular flexibility index (Phi) is 14.1. The molecule has 4 rings (SSSR count). The molecule has 0 saturated heterocycles. The van der Waals surface area contributed by atoms with E-state index >= 15 is 0 Å². The third-order valence-corrected chi connectivity index (χ3v) is 6.73. The van der Waals surface area contributed by atoms with Gasteiger partial charge in [-0.2, -0.15) is 14.4 Å². The van der Waals surface area contributed by atoms with Gasteiger partial charge in [-0.15, -0.1) is 0 Å². The molecule has 0 aliphatic heterocycles. The lowest BCUT2D eigenvalue weighted by Crippen LogP contribution is -2.51. The van der Waals surface area contributed by atoms with Gasteiger partial charge < -0.3 is 24.6 Å². The van der Waals surface area contributed by atoms with Crippen LogP contribution in [0.3, 0.4) is 0 Å². The number of rotatable bonds is 9. The first-order chi connectivity index (χ1) is 21.6. The zero-order valence-corrected chi connectivity index (χ0v) is 27.9. The van der Waals surface area contributed by atoms with E-state index in [4.69, 9.17) is 14.2 Å². The van der Waals surface area contributed by atoms with E-state index in [-0.39, 0.29) is 18.3 Å². The Hall–Kier alpha value is -4.79. The molecular formula is C36H47N3O6. The molecule has 242 valence electrons. The molecule has 2 aromatic heterocycles. The van der Waals surface area contributed by atoms with Gasteiger partial charge in [0.2, 0.25) is 0 Å². The lowest BCUT2D eigenvalue weighted by atomic mass is 9.86. The summed E-state index contributed by atoms with van der Waals surface area (Å²) in [5.41, 5.74) is 2.65. The van der Waals surface area contributed by atoms with Gasteiger partial charge >= 0.3 is 6.09 Å². The SMILES string of the molecule is CC.CC.COc1ccc(C(Cc2cc[n+]([O-])cc2)c2ccc(N(C(=O)OCc3ccccc3)C(C)(C)C)[n+]([O-])c2)cc1OC. The number of ether oxygens (including phenoxy) is 3. The molecule has 0 N–H and O–H groups in total. The minimum atomic E-state index is -0.734. The molecule has 45 heavy (non-hydrogen) atoms. The zero-order valence-electron chi connectivity index (χ0n) is 27.9. The van der Waals surface area contributed by atoms with Gasteiger partial charge in [-0.05, 0) is 67.6 Å². The van der Waals surface area contributed by atoms with Crippen LogP contribution in [0, 0.1) is 10.4 Å². The third kappa shape index (κ3) is 9.86. The molecule has 4 aromatic rings. The Bertz CT molecular complexity index is 1470. The summed E-state index contributed by atoms with van der Waals surface area (Å²) in [5.74, 6) is 1.04. The van der Waals surface area contributed by atoms with Gasteiger partial charge in [0.1, 0.15) is 12.1 Å². The Morgan fingerprint density at radius 2 is 1.40 bits per heavy atom. The van der Waals surface area contributed by atoms with E-state index in [9.17, 15) is 15.2 Å². The third-order valence-electron chi connectivity index (χ3n) is 6.73. The van der Waals surface area contributed by atoms with Gasteiger partial charge in [-0.25, -0.2) is 4.73 Å². The molecule has 1 amide bonds. The van der Waals surface area contributed by atoms with Crippen molar-refractivity contribution in [2.75, 3.05) is 19.1 Å². The summed E-state index contributed by atoms with van der Waals surface area (Å²) >= 11 is 0. The predicted octanol–water partition coefficient (Wildman–Crippen LogP) is 7.34. The number of anilines is 1. The van der Waals surface area contributed by atoms with Gasteiger partial charge in [0.05, 0.1) is 20.4 Å². The van der Waals surface area contributed by atoms with Crippen molar-refractivity contribution in [3.05, 3.63) is 124 Å². The fourth-order valence-corrected chi connectivity index (χ4v) is 4.68. The topological polar surface area (TPSA) is 102 Å². The average molecular weight is 618 g/mol. The molecule has 2 aromatic carbocycles. The molecule has 0 aliphatic rings. The summed E-state index contributed by atoms with van der Waals surface area (Å²) in [7, 11) is 3.14. The Labute approximate surface area is 267 Å². The average Bonchev–Trinajstić information content (AvgIpc) is 3.06. The van der Waals surface area contributed by atoms with Crippen LogP contribution in [-0.4, -0.2) is 25.9 Å². The molecular weight excluding hydrogens is 570 g/mol. The van der Waals surface area contributed by atoms with Crippen molar-refractivity contribution in [1.29, 1.82) is 0 Å². The second kappa shape index (κ2) is 17.5. The maximum absolute atomic E-state index is 13.5. The number of methoxy groups -OCH3 is 2. The fraction of sp³-hybridized carbons (Fsp3) is 0.361. The molecule has 1 atom stereocenters. The number of aromatic nitrogens is 2. The molecule has 0 radical (unpaired) electrons. The minimum Gasteiger partial charge on any atom is -0.711 e. The number of hydrogen-bond donors (Lipinski definition) is 0. The van der Waals surface area contributed by atoms with E-state index in [0.29, 0.717) is 22.7 Å². The number of nitrogens with zero attached hydrogens (tertiary/aromatic N) is 3. The molecule has 0 fully saturated rings. The molecule has 1 unspecified atom stereocenters. The van der Waals surface area contributed by atoms with Crippen molar-refractivity contribution in [1.82, 2.24) is 0 Å². The van der Waals surface area contributed by atoms with Gasteiger partial charge in [0.25, 0.3) is 5.82 Å². The van der Waals surface area contributed by atoms with E-state index in [0.717, 1.165) is 27.0 Å². The standard InChI is InChI=1S/C32H35N3O6.2C2H6/c1-32(2,3)35(31(36)41-22-24-9-7-6-8-10-24)30-14-12-26(21-34(30)38)27(19-23-15-17-33(37)18-16-23)25-11-13-28(39-4)29(20-25)40-5;2*1-2/h6-18,20-21,27H,19,22H2,1-5H3;2*1-2H3. The normalized spacial score (nSPS) is 11.1. The highest BCUT2D eigenvalue weighted by molar-refractivity contribution is 5.87. The number of hydrogen-bond acceptors (Lipinski definition) is 6. The largest absolute Gasteiger partial charge is 0.711 e. The Balaban J connectivity index is 0.00000169. The number of carbonyl (C=O) groups is 1. The van der Waals surface area contributed by atoms with Crippen LogP contribution in [-0.2, 0) is 17.8 Å². The lowest BCUT2D eigenvalue weighted by molar-refractivity contribution is -0.605. The molecule has 9 heteroatoms. The van der Waals surface area contributed by atoms with Crippen LogP contribution in [0.1, 0.15) is 76.6 Å². The number of pyridine rings is 2. The van der Waals surface area contributed by atoms with E-state index in [1.165, 1.54) is 23.5 Å². The van der Waals surface area contributed by atoms with Crippen LogP contribution in [0.2, 0.25) is 0 Å². The minimum absolute atomic E-state index is 0.0883. The first kappa shape index (κ1) is 36.4. The van der Waals surface area contributed by atoms with Crippen molar-refractivity contribution in [2.45, 2.75) is 73.0 Å². The molecule has 9 nitrogen and oxygen atoms in total. The second-order valence-electron chi connectivity index (χ2n) is 10.6. The summed E-state index contributed by atoms with van der Waals surface area (Å²) in [5, 5.41) is 25.2. The van der Waals surface area contributed by atoms with Crippen LogP contribution in [0.15, 0.2) is 91.4 Å². The summed E-state index contributed by atoms with van der Waals surface area (Å²) in [6.45, 7) is 13.6. The first-order valence-electron chi connectivity index (χ1n) is 15.2. The smallest absolute Gasteiger partial charge is 0.507 e. The second-order valence-corrected chi connectivity index (χ2v) is 10.6. The van der Waals surface area contributed by atoms with Crippen molar-refractivity contribution < 1.29 is 28.5 Å². The molecule has 0 spiro atoms. The van der Waals surface area contributed by atoms with Gasteiger partial charge in [0, 0.05) is 24.1 Å². The van der Waals surface area contributed by atoms with Gasteiger partial charge in [-0.1, -0.05) is 64.1 Å². The monoisotopic (exact) mass is 617 g/mol. The predicted molar refractivity (Wildman–Crippen MR) is 177 cm³/mol. The van der Waals surface area contributed by atoms with Crippen LogP contribution in [0.4, 0.5) is 10.6 Å². The number of carbonyl (C=O) groups excluding carboxylic acids is 1. The molecule has 0 saturated carbocycles. The Morgan fingerprint density at radius 3 is 1.96 bits per heavy atom. The quantitative estimate of drug-likeness (QED) is 0.144. The highest BCUT2D eigenvalue weighted by Gasteiger charge is 2.39. The summed E-state index contributed by atoms with van der Waals surface area (Å²) in [6, 6.07) is 22.0. The van der Waals surface area contributed by atoms with Crippen molar-refractivity contribution in [3.63, 3.8) is 0 Å². The lowest BCUT2D eigenvalue weighted by Gasteiger charge is -2.29. The number of benzene rings is 2. The maximum Gasteiger partial charge on any atom is 0.507 e. The van der Waals surface area contributed by atoms with Crippen LogP contribution < -0.4 is 23.8 Å². The summed E-state index contributed by atoms with van der Waals surface area (Å²) in [4.78, 5) is 14.6. The van der Waals surface area contributed by atoms with E-state index in [2.05, 4.69) is 0 Å². The van der Waals surface area contributed by atoms with E-state index in [1.807, 2.05) is 103 Å². The van der Waals surface area contributed by atoms with Crippen molar-refractivity contribution in [3.8, 4) is 11.5 Å². The van der Waals surface area contributed by atoms with Crippen molar-refractivity contribution >= 4 is 11.9 Å². The number of amides is 1. The molecule has 2 heterocycles. The van der Waals surface area contributed by atoms with Crippen LogP contribution in [0.25, 0.3) is 0 Å². The molecule has 0 bridgehead atoms. The summed E-state index contributed by atoms with van der Waals surface area (Å²) < 4.78 is 18.0. The van der Waals surface area contributed by atoms with Crippen LogP contribution >= 0.6 is 0 Å². The van der Waals surface area contributed by atoms with Crippen molar-refractivity contribution in [2.24, 2.45) is 0 Å². The van der Waals surface area contributed by atoms with Crippen LogP contribution in [0.5, 0.6) is 11.5 Å². The zero-order chi connectivity index (χ0) is 33.6. The van der Waals surface area contributed by atoms with Gasteiger partial charge in [-0.3, -0.25) is 0 Å². The van der Waals surface area contributed by atoms with Gasteiger partial charge in [0.15, 0.2) is 23.9 Å². The molecule has 0 aliphatic carbocycles. The highest BCUT2D eigenvalue weighted by Crippen LogP contribution is 2.35. The van der Waals surface area contributed by atoms with E-state index in [1.54, 1.807) is 32.4 Å². The van der Waals surface area contributed by atoms with E-state index < -0.39 is 11.6 Å².